The van der Waals surface area contributed by atoms with Gasteiger partial charge in [-0.05, 0) is 36.8 Å². The molecule has 2 rings (SSSR count). The summed E-state index contributed by atoms with van der Waals surface area (Å²) >= 11 is 5.85. The Labute approximate surface area is 112 Å². The van der Waals surface area contributed by atoms with Crippen molar-refractivity contribution in [1.29, 1.82) is 0 Å². The van der Waals surface area contributed by atoms with Crippen LogP contribution in [0.25, 0.3) is 0 Å². The molecule has 0 fully saturated rings. The van der Waals surface area contributed by atoms with Gasteiger partial charge < -0.3 is 0 Å². The zero-order valence-corrected chi connectivity index (χ0v) is 11.5. The summed E-state index contributed by atoms with van der Waals surface area (Å²) in [5.41, 5.74) is 1.74. The van der Waals surface area contributed by atoms with Gasteiger partial charge in [0, 0.05) is 5.02 Å². The molecule has 0 aliphatic carbocycles. The van der Waals surface area contributed by atoms with Crippen LogP contribution in [0.2, 0.25) is 5.02 Å². The fourth-order valence-electron chi connectivity index (χ4n) is 1.68. The molecule has 0 aliphatic rings. The predicted octanol–water partition coefficient (Wildman–Crippen LogP) is 3.62. The van der Waals surface area contributed by atoms with E-state index in [1.807, 2.05) is 6.92 Å². The number of halogens is 1. The van der Waals surface area contributed by atoms with Crippen LogP contribution in [-0.2, 0) is 15.6 Å². The maximum atomic E-state index is 12.2. The molecule has 0 heterocycles. The molecule has 0 saturated carbocycles. The molecule has 2 aromatic rings. The SMILES string of the molecule is Cc1ccc(S(=O)(=O)Cc2cccc(Cl)c2)cc1. The number of sulfone groups is 1. The molecule has 0 atom stereocenters. The van der Waals surface area contributed by atoms with Gasteiger partial charge in [0.2, 0.25) is 0 Å². The quantitative estimate of drug-likeness (QED) is 0.860. The summed E-state index contributed by atoms with van der Waals surface area (Å²) in [7, 11) is -3.31. The Morgan fingerprint density at radius 2 is 1.72 bits per heavy atom. The topological polar surface area (TPSA) is 34.1 Å². The first-order valence-corrected chi connectivity index (χ1v) is 7.54. The molecule has 0 radical (unpaired) electrons. The first kappa shape index (κ1) is 13.1. The van der Waals surface area contributed by atoms with Crippen LogP contribution in [0.4, 0.5) is 0 Å². The standard InChI is InChI=1S/C14H13ClO2S/c1-11-5-7-14(8-6-11)18(16,17)10-12-3-2-4-13(15)9-12/h2-9H,10H2,1H3. The Kier molecular flexibility index (Phi) is 3.73. The normalized spacial score (nSPS) is 11.4. The molecular weight excluding hydrogens is 268 g/mol. The first-order chi connectivity index (χ1) is 8.47. The Morgan fingerprint density at radius 3 is 2.33 bits per heavy atom. The van der Waals surface area contributed by atoms with Crippen molar-refractivity contribution in [2.24, 2.45) is 0 Å². The van der Waals surface area contributed by atoms with Crippen LogP contribution in [0.15, 0.2) is 53.4 Å². The molecule has 0 saturated heterocycles. The summed E-state index contributed by atoms with van der Waals surface area (Å²) in [6, 6.07) is 13.8. The Balaban J connectivity index is 2.30. The van der Waals surface area contributed by atoms with E-state index in [-0.39, 0.29) is 5.75 Å². The molecular formula is C14H13ClO2S. The summed E-state index contributed by atoms with van der Waals surface area (Å²) in [6.07, 6.45) is 0. The van der Waals surface area contributed by atoms with Crippen LogP contribution in [0.3, 0.4) is 0 Å². The van der Waals surface area contributed by atoms with E-state index in [1.165, 1.54) is 0 Å². The van der Waals surface area contributed by atoms with Crippen molar-refractivity contribution in [3.05, 3.63) is 64.7 Å². The fourth-order valence-corrected chi connectivity index (χ4v) is 3.22. The average molecular weight is 281 g/mol. The van der Waals surface area contributed by atoms with E-state index in [4.69, 9.17) is 11.6 Å². The van der Waals surface area contributed by atoms with Crippen LogP contribution in [0.1, 0.15) is 11.1 Å². The highest BCUT2D eigenvalue weighted by Crippen LogP contribution is 2.19. The molecule has 94 valence electrons. The van der Waals surface area contributed by atoms with Gasteiger partial charge in [-0.2, -0.15) is 0 Å². The van der Waals surface area contributed by atoms with Crippen molar-refractivity contribution in [1.82, 2.24) is 0 Å². The van der Waals surface area contributed by atoms with E-state index in [9.17, 15) is 8.42 Å². The second-order valence-electron chi connectivity index (χ2n) is 4.20. The van der Waals surface area contributed by atoms with Crippen LogP contribution < -0.4 is 0 Å². The minimum absolute atomic E-state index is 0.0311. The van der Waals surface area contributed by atoms with E-state index >= 15 is 0 Å². The van der Waals surface area contributed by atoms with Crippen molar-refractivity contribution in [2.45, 2.75) is 17.6 Å². The van der Waals surface area contributed by atoms with E-state index in [2.05, 4.69) is 0 Å². The number of hydrogen-bond donors (Lipinski definition) is 0. The van der Waals surface area contributed by atoms with Crippen LogP contribution in [0, 0.1) is 6.92 Å². The van der Waals surface area contributed by atoms with E-state index in [0.29, 0.717) is 15.5 Å². The second-order valence-corrected chi connectivity index (χ2v) is 6.63. The van der Waals surface area contributed by atoms with Crippen LogP contribution in [0.5, 0.6) is 0 Å². The molecule has 0 N–H and O–H groups in total. The number of benzene rings is 2. The molecule has 2 aromatic carbocycles. The third-order valence-corrected chi connectivity index (χ3v) is 4.56. The van der Waals surface area contributed by atoms with E-state index < -0.39 is 9.84 Å². The highest BCUT2D eigenvalue weighted by atomic mass is 35.5. The van der Waals surface area contributed by atoms with E-state index in [1.54, 1.807) is 48.5 Å². The largest absolute Gasteiger partial charge is 0.223 e. The Bertz CT molecular complexity index is 646. The minimum Gasteiger partial charge on any atom is -0.223 e. The van der Waals surface area contributed by atoms with Gasteiger partial charge in [0.1, 0.15) is 0 Å². The lowest BCUT2D eigenvalue weighted by molar-refractivity contribution is 0.595. The predicted molar refractivity (Wildman–Crippen MR) is 73.5 cm³/mol. The monoisotopic (exact) mass is 280 g/mol. The fraction of sp³-hybridized carbons (Fsp3) is 0.143. The van der Waals surface area contributed by atoms with Crippen LogP contribution >= 0.6 is 11.6 Å². The zero-order chi connectivity index (χ0) is 13.2. The molecule has 0 unspecified atom stereocenters. The molecule has 0 aliphatic heterocycles. The van der Waals surface area contributed by atoms with Gasteiger partial charge in [-0.3, -0.25) is 0 Å². The molecule has 0 aromatic heterocycles. The summed E-state index contributed by atoms with van der Waals surface area (Å²) in [6.45, 7) is 1.92. The lowest BCUT2D eigenvalue weighted by Gasteiger charge is -2.05. The second kappa shape index (κ2) is 5.12. The summed E-state index contributed by atoms with van der Waals surface area (Å²) in [5.74, 6) is -0.0311. The van der Waals surface area contributed by atoms with Gasteiger partial charge in [-0.25, -0.2) is 8.42 Å². The van der Waals surface area contributed by atoms with Crippen molar-refractivity contribution < 1.29 is 8.42 Å². The number of hydrogen-bond acceptors (Lipinski definition) is 2. The van der Waals surface area contributed by atoms with Crippen molar-refractivity contribution >= 4 is 21.4 Å². The molecule has 2 nitrogen and oxygen atoms in total. The number of rotatable bonds is 3. The lowest BCUT2D eigenvalue weighted by atomic mass is 10.2. The number of aryl methyl sites for hydroxylation is 1. The zero-order valence-electron chi connectivity index (χ0n) is 9.93. The Morgan fingerprint density at radius 1 is 1.06 bits per heavy atom. The maximum Gasteiger partial charge on any atom is 0.182 e. The van der Waals surface area contributed by atoms with Gasteiger partial charge in [-0.15, -0.1) is 0 Å². The van der Waals surface area contributed by atoms with Gasteiger partial charge >= 0.3 is 0 Å². The third-order valence-electron chi connectivity index (χ3n) is 2.63. The lowest BCUT2D eigenvalue weighted by Crippen LogP contribution is -2.04. The van der Waals surface area contributed by atoms with Crippen molar-refractivity contribution in [3.63, 3.8) is 0 Å². The minimum atomic E-state index is -3.31. The molecule has 4 heteroatoms. The molecule has 0 bridgehead atoms. The smallest absolute Gasteiger partial charge is 0.182 e. The molecule has 0 amide bonds. The van der Waals surface area contributed by atoms with Crippen LogP contribution in [-0.4, -0.2) is 8.42 Å². The van der Waals surface area contributed by atoms with Gasteiger partial charge in [0.05, 0.1) is 10.6 Å². The maximum absolute atomic E-state index is 12.2. The van der Waals surface area contributed by atoms with E-state index in [0.717, 1.165) is 5.56 Å². The van der Waals surface area contributed by atoms with Crippen molar-refractivity contribution in [3.8, 4) is 0 Å². The summed E-state index contributed by atoms with van der Waals surface area (Å²) in [4.78, 5) is 0.341. The molecule has 0 spiro atoms. The molecule has 18 heavy (non-hydrogen) atoms. The van der Waals surface area contributed by atoms with Crippen molar-refractivity contribution in [2.75, 3.05) is 0 Å². The van der Waals surface area contributed by atoms with Gasteiger partial charge in [0.25, 0.3) is 0 Å². The highest BCUT2D eigenvalue weighted by molar-refractivity contribution is 7.90. The highest BCUT2D eigenvalue weighted by Gasteiger charge is 2.15. The first-order valence-electron chi connectivity index (χ1n) is 5.51. The Hall–Kier alpha value is -1.32. The summed E-state index contributed by atoms with van der Waals surface area (Å²) in [5, 5.41) is 0.548. The van der Waals surface area contributed by atoms with Gasteiger partial charge in [-0.1, -0.05) is 41.4 Å². The third kappa shape index (κ3) is 3.12. The summed E-state index contributed by atoms with van der Waals surface area (Å²) < 4.78 is 24.4. The average Bonchev–Trinajstić information content (AvgIpc) is 2.29. The van der Waals surface area contributed by atoms with Gasteiger partial charge in [0.15, 0.2) is 9.84 Å².